The summed E-state index contributed by atoms with van der Waals surface area (Å²) < 4.78 is 5.33. The van der Waals surface area contributed by atoms with E-state index in [2.05, 4.69) is 25.1 Å². The molecule has 0 unspecified atom stereocenters. The zero-order chi connectivity index (χ0) is 29.9. The Balaban J connectivity index is 1.54. The van der Waals surface area contributed by atoms with Crippen LogP contribution in [0.1, 0.15) is 48.8 Å². The number of nitro groups is 1. The number of urea groups is 1. The second kappa shape index (κ2) is 12.1. The predicted octanol–water partition coefficient (Wildman–Crippen LogP) is 8.64. The highest BCUT2D eigenvalue weighted by Gasteiger charge is 2.34. The lowest BCUT2D eigenvalue weighted by molar-refractivity contribution is -0.384. The highest BCUT2D eigenvalue weighted by molar-refractivity contribution is 6.14. The van der Waals surface area contributed by atoms with Crippen LogP contribution >= 0.6 is 0 Å². The third-order valence-electron chi connectivity index (χ3n) is 8.41. The zero-order valence-electron chi connectivity index (χ0n) is 24.4. The van der Waals surface area contributed by atoms with Gasteiger partial charge in [-0.15, -0.1) is 0 Å². The van der Waals surface area contributed by atoms with E-state index in [-0.39, 0.29) is 24.2 Å². The standard InChI is InChI=1S/C35H34N4O4/c1-24-8-6-7-11-31(24)27-14-21-33-32(22-27)34(26-9-4-3-5-10-26)36-37(23-25-12-19-30(43-2)20-13-25)35(40)38(33)28-15-17-29(18-16-28)39(41)42/h6-8,11-22,26H,3-5,9-10,23H2,1-2H3. The van der Waals surface area contributed by atoms with E-state index in [1.54, 1.807) is 29.2 Å². The lowest BCUT2D eigenvalue weighted by Gasteiger charge is -2.27. The molecule has 0 spiro atoms. The Labute approximate surface area is 251 Å². The van der Waals surface area contributed by atoms with Crippen molar-refractivity contribution in [3.05, 3.63) is 118 Å². The molecule has 1 aliphatic carbocycles. The van der Waals surface area contributed by atoms with Crippen LogP contribution in [0.15, 0.2) is 96.1 Å². The number of fused-ring (bicyclic) bond motifs is 1. The van der Waals surface area contributed by atoms with Crippen LogP contribution in [0.5, 0.6) is 5.75 Å². The summed E-state index contributed by atoms with van der Waals surface area (Å²) in [4.78, 5) is 27.1. The minimum absolute atomic E-state index is 0.0321. The van der Waals surface area contributed by atoms with Crippen LogP contribution in [-0.2, 0) is 6.54 Å². The van der Waals surface area contributed by atoms with E-state index in [9.17, 15) is 14.9 Å². The summed E-state index contributed by atoms with van der Waals surface area (Å²) in [6, 6.07) is 27.9. The Morgan fingerprint density at radius 3 is 2.30 bits per heavy atom. The van der Waals surface area contributed by atoms with Crippen LogP contribution in [0.25, 0.3) is 11.1 Å². The van der Waals surface area contributed by atoms with Crippen LogP contribution in [0.3, 0.4) is 0 Å². The van der Waals surface area contributed by atoms with E-state index in [1.165, 1.54) is 18.6 Å². The molecule has 0 N–H and O–H groups in total. The van der Waals surface area contributed by atoms with E-state index in [4.69, 9.17) is 9.84 Å². The number of carbonyl (C=O) groups excluding carboxylic acids is 1. The molecule has 4 aromatic carbocycles. The maximum atomic E-state index is 14.5. The minimum atomic E-state index is -0.434. The van der Waals surface area contributed by atoms with Gasteiger partial charge in [0.25, 0.3) is 5.69 Å². The molecule has 218 valence electrons. The number of anilines is 2. The molecule has 4 aromatic rings. The normalized spacial score (nSPS) is 15.5. The molecular weight excluding hydrogens is 540 g/mol. The number of ether oxygens (including phenoxy) is 1. The van der Waals surface area contributed by atoms with Crippen molar-refractivity contribution in [1.29, 1.82) is 0 Å². The molecule has 8 nitrogen and oxygen atoms in total. The summed E-state index contributed by atoms with van der Waals surface area (Å²) in [5, 5.41) is 18.1. The Bertz CT molecular complexity index is 1680. The fraction of sp³-hybridized carbons (Fsp3) is 0.257. The van der Waals surface area contributed by atoms with E-state index in [0.717, 1.165) is 70.6 Å². The van der Waals surface area contributed by atoms with Gasteiger partial charge in [0.15, 0.2) is 0 Å². The molecular formula is C35H34N4O4. The minimum Gasteiger partial charge on any atom is -0.497 e. The van der Waals surface area contributed by atoms with Gasteiger partial charge < -0.3 is 4.74 Å². The number of carbonyl (C=O) groups is 1. The first-order valence-corrected chi connectivity index (χ1v) is 14.7. The first-order chi connectivity index (χ1) is 20.9. The number of methoxy groups -OCH3 is 1. The molecule has 0 atom stereocenters. The number of hydrazone groups is 1. The molecule has 43 heavy (non-hydrogen) atoms. The van der Waals surface area contributed by atoms with Gasteiger partial charge in [-0.3, -0.25) is 15.0 Å². The van der Waals surface area contributed by atoms with Gasteiger partial charge in [-0.05, 0) is 78.4 Å². The summed E-state index contributed by atoms with van der Waals surface area (Å²) in [5.41, 5.74) is 7.31. The first-order valence-electron chi connectivity index (χ1n) is 14.7. The number of hydrogen-bond acceptors (Lipinski definition) is 5. The number of nitrogens with zero attached hydrogens (tertiary/aromatic N) is 4. The quantitative estimate of drug-likeness (QED) is 0.163. The molecule has 6 rings (SSSR count). The van der Waals surface area contributed by atoms with Crippen LogP contribution < -0.4 is 9.64 Å². The number of hydrogen-bond donors (Lipinski definition) is 0. The second-order valence-corrected chi connectivity index (χ2v) is 11.2. The SMILES string of the molecule is COc1ccc(CN2N=C(C3CCCCC3)c3cc(-c4ccccc4C)ccc3N(c3ccc([N+](=O)[O-])cc3)C2=O)cc1. The van der Waals surface area contributed by atoms with Gasteiger partial charge in [-0.1, -0.05) is 61.7 Å². The van der Waals surface area contributed by atoms with Crippen molar-refractivity contribution < 1.29 is 14.5 Å². The highest BCUT2D eigenvalue weighted by atomic mass is 16.6. The summed E-state index contributed by atoms with van der Waals surface area (Å²) in [6.07, 6.45) is 5.46. The Hall–Kier alpha value is -4.98. The number of benzene rings is 4. The number of rotatable bonds is 7. The number of aryl methyl sites for hydroxylation is 1. The third-order valence-corrected chi connectivity index (χ3v) is 8.41. The van der Waals surface area contributed by atoms with Crippen LogP contribution in [-0.4, -0.2) is 28.8 Å². The van der Waals surface area contributed by atoms with Crippen molar-refractivity contribution in [2.75, 3.05) is 12.0 Å². The first kappa shape index (κ1) is 28.2. The molecule has 8 heteroatoms. The monoisotopic (exact) mass is 574 g/mol. The maximum absolute atomic E-state index is 14.5. The van der Waals surface area contributed by atoms with Crippen LogP contribution in [0.2, 0.25) is 0 Å². The fourth-order valence-electron chi connectivity index (χ4n) is 6.10. The van der Waals surface area contributed by atoms with Crippen molar-refractivity contribution in [2.45, 2.75) is 45.6 Å². The number of nitro benzene ring substituents is 1. The van der Waals surface area contributed by atoms with Crippen LogP contribution in [0, 0.1) is 23.0 Å². The summed E-state index contributed by atoms with van der Waals surface area (Å²) in [6.45, 7) is 2.36. The van der Waals surface area contributed by atoms with Gasteiger partial charge in [0.2, 0.25) is 0 Å². The summed E-state index contributed by atoms with van der Waals surface area (Å²) >= 11 is 0. The summed E-state index contributed by atoms with van der Waals surface area (Å²) in [5.74, 6) is 0.948. The van der Waals surface area contributed by atoms with Crippen molar-refractivity contribution in [2.24, 2.45) is 11.0 Å². The molecule has 1 saturated carbocycles. The van der Waals surface area contributed by atoms with E-state index >= 15 is 0 Å². The van der Waals surface area contributed by atoms with Crippen molar-refractivity contribution in [3.8, 4) is 16.9 Å². The molecule has 1 aliphatic heterocycles. The van der Waals surface area contributed by atoms with Gasteiger partial charge in [-0.2, -0.15) is 5.10 Å². The van der Waals surface area contributed by atoms with Crippen LogP contribution in [0.4, 0.5) is 21.9 Å². The van der Waals surface area contributed by atoms with Gasteiger partial charge in [-0.25, -0.2) is 9.80 Å². The number of amides is 2. The molecule has 0 aromatic heterocycles. The largest absolute Gasteiger partial charge is 0.497 e. The third kappa shape index (κ3) is 5.73. The average molecular weight is 575 g/mol. The van der Waals surface area contributed by atoms with Crippen molar-refractivity contribution >= 4 is 28.8 Å². The lowest BCUT2D eigenvalue weighted by Crippen LogP contribution is -2.36. The van der Waals surface area contributed by atoms with Gasteiger partial charge in [0.1, 0.15) is 5.75 Å². The van der Waals surface area contributed by atoms with Gasteiger partial charge in [0.05, 0.1) is 35.7 Å². The van der Waals surface area contributed by atoms with E-state index < -0.39 is 4.92 Å². The smallest absolute Gasteiger partial charge is 0.349 e. The van der Waals surface area contributed by atoms with E-state index in [1.807, 2.05) is 48.5 Å². The van der Waals surface area contributed by atoms with Crippen molar-refractivity contribution in [1.82, 2.24) is 5.01 Å². The second-order valence-electron chi connectivity index (χ2n) is 11.2. The zero-order valence-corrected chi connectivity index (χ0v) is 24.4. The molecule has 0 saturated heterocycles. The Kier molecular flexibility index (Phi) is 7.92. The molecule has 1 heterocycles. The van der Waals surface area contributed by atoms with Gasteiger partial charge in [0, 0.05) is 23.6 Å². The average Bonchev–Trinajstić information content (AvgIpc) is 3.16. The molecule has 1 fully saturated rings. The topological polar surface area (TPSA) is 88.3 Å². The molecule has 2 amide bonds. The lowest BCUT2D eigenvalue weighted by atomic mass is 9.82. The summed E-state index contributed by atoms with van der Waals surface area (Å²) in [7, 11) is 1.62. The fourth-order valence-corrected chi connectivity index (χ4v) is 6.10. The molecule has 0 bridgehead atoms. The van der Waals surface area contributed by atoms with E-state index in [0.29, 0.717) is 5.69 Å². The predicted molar refractivity (Wildman–Crippen MR) is 169 cm³/mol. The Morgan fingerprint density at radius 2 is 1.63 bits per heavy atom. The Morgan fingerprint density at radius 1 is 0.907 bits per heavy atom. The molecule has 2 aliphatic rings. The molecule has 0 radical (unpaired) electrons. The van der Waals surface area contributed by atoms with Gasteiger partial charge >= 0.3 is 6.03 Å². The van der Waals surface area contributed by atoms with Crippen molar-refractivity contribution in [3.63, 3.8) is 0 Å². The highest BCUT2D eigenvalue weighted by Crippen LogP contribution is 2.40. The maximum Gasteiger partial charge on any atom is 0.349 e. The number of non-ortho nitro benzene ring substituents is 1.